The van der Waals surface area contributed by atoms with Gasteiger partial charge in [0.05, 0.1) is 31.4 Å². The lowest BCUT2D eigenvalue weighted by atomic mass is 9.95. The average molecular weight is 245 g/mol. The van der Waals surface area contributed by atoms with Gasteiger partial charge >= 0.3 is 5.69 Å². The highest BCUT2D eigenvalue weighted by molar-refractivity contribution is 5.26. The van der Waals surface area contributed by atoms with E-state index in [9.17, 15) is 9.18 Å². The van der Waals surface area contributed by atoms with Gasteiger partial charge in [0.15, 0.2) is 11.6 Å². The maximum atomic E-state index is 13.2. The third-order valence-electron chi connectivity index (χ3n) is 2.76. The van der Waals surface area contributed by atoms with E-state index in [2.05, 4.69) is 4.98 Å². The molecule has 7 nitrogen and oxygen atoms in total. The van der Waals surface area contributed by atoms with Crippen molar-refractivity contribution in [2.75, 3.05) is 18.9 Å². The lowest BCUT2D eigenvalue weighted by molar-refractivity contribution is -0.246. The van der Waals surface area contributed by atoms with E-state index in [1.165, 1.54) is 0 Å². The van der Waals surface area contributed by atoms with Crippen molar-refractivity contribution in [1.29, 1.82) is 0 Å². The van der Waals surface area contributed by atoms with Gasteiger partial charge in [-0.2, -0.15) is 4.98 Å². The van der Waals surface area contributed by atoms with Crippen molar-refractivity contribution >= 4 is 5.82 Å². The molecule has 0 aromatic carbocycles. The highest BCUT2D eigenvalue weighted by Crippen LogP contribution is 2.35. The molecule has 1 aliphatic heterocycles. The monoisotopic (exact) mass is 245 g/mol. The van der Waals surface area contributed by atoms with Gasteiger partial charge in [-0.25, -0.2) is 9.18 Å². The SMILES string of the molecule is Nc1nc(=O)n([C@@H]2O[C@H](CO)[C@H]2CO)cc1F. The summed E-state index contributed by atoms with van der Waals surface area (Å²) in [4.78, 5) is 14.7. The standard InChI is InChI=1S/C9H12FN3O4/c10-5-1-13(9(16)12-7(5)11)8-4(2-14)6(3-15)17-8/h1,4,6,8,14-15H,2-3H2,(H2,11,12,16)/t4-,6-,8-/m1/s1. The number of hydrogen-bond acceptors (Lipinski definition) is 6. The minimum atomic E-state index is -0.836. The van der Waals surface area contributed by atoms with Crippen LogP contribution in [-0.2, 0) is 4.74 Å². The molecule has 17 heavy (non-hydrogen) atoms. The zero-order valence-electron chi connectivity index (χ0n) is 8.78. The second kappa shape index (κ2) is 4.40. The van der Waals surface area contributed by atoms with E-state index in [1.54, 1.807) is 0 Å². The number of hydrogen-bond donors (Lipinski definition) is 3. The molecule has 94 valence electrons. The van der Waals surface area contributed by atoms with E-state index in [-0.39, 0.29) is 13.2 Å². The molecule has 0 radical (unpaired) electrons. The summed E-state index contributed by atoms with van der Waals surface area (Å²) in [7, 11) is 0. The Hall–Kier alpha value is -1.51. The molecule has 0 unspecified atom stereocenters. The molecule has 8 heteroatoms. The van der Waals surface area contributed by atoms with Crippen LogP contribution in [0.1, 0.15) is 6.23 Å². The number of aromatic nitrogens is 2. The van der Waals surface area contributed by atoms with Crippen LogP contribution < -0.4 is 11.4 Å². The number of nitrogens with zero attached hydrogens (tertiary/aromatic N) is 2. The minimum absolute atomic E-state index is 0.276. The van der Waals surface area contributed by atoms with Crippen LogP contribution >= 0.6 is 0 Å². The molecule has 1 aliphatic rings. The molecule has 1 aromatic heterocycles. The first-order chi connectivity index (χ1) is 8.08. The molecule has 3 atom stereocenters. The first kappa shape index (κ1) is 12.0. The predicted octanol–water partition coefficient (Wildman–Crippen LogP) is -1.54. The van der Waals surface area contributed by atoms with Crippen LogP contribution in [0.5, 0.6) is 0 Å². The van der Waals surface area contributed by atoms with E-state index in [4.69, 9.17) is 20.7 Å². The Morgan fingerprint density at radius 3 is 2.82 bits per heavy atom. The van der Waals surface area contributed by atoms with Crippen molar-refractivity contribution in [1.82, 2.24) is 9.55 Å². The molecule has 4 N–H and O–H groups in total. The Morgan fingerprint density at radius 1 is 1.53 bits per heavy atom. The van der Waals surface area contributed by atoms with Crippen molar-refractivity contribution in [2.24, 2.45) is 5.92 Å². The zero-order chi connectivity index (χ0) is 12.6. The summed E-state index contributed by atoms with van der Waals surface area (Å²) in [6, 6.07) is 0. The molecule has 1 aromatic rings. The normalized spacial score (nSPS) is 27.8. The summed E-state index contributed by atoms with van der Waals surface area (Å²) in [5.41, 5.74) is 4.38. The van der Waals surface area contributed by atoms with Crippen molar-refractivity contribution in [3.63, 3.8) is 0 Å². The molecule has 0 amide bonds. The molecule has 0 aliphatic carbocycles. The summed E-state index contributed by atoms with van der Waals surface area (Å²) < 4.78 is 19.2. The minimum Gasteiger partial charge on any atom is -0.396 e. The van der Waals surface area contributed by atoms with Gasteiger partial charge in [-0.1, -0.05) is 0 Å². The number of nitrogens with two attached hydrogens (primary N) is 1. The van der Waals surface area contributed by atoms with Crippen LogP contribution in [0.15, 0.2) is 11.0 Å². The smallest absolute Gasteiger partial charge is 0.351 e. The summed E-state index contributed by atoms with van der Waals surface area (Å²) in [5, 5.41) is 18.0. The van der Waals surface area contributed by atoms with Gasteiger partial charge in [-0.3, -0.25) is 4.57 Å². The molecule has 0 spiro atoms. The van der Waals surface area contributed by atoms with Crippen LogP contribution in [0.3, 0.4) is 0 Å². The Labute approximate surface area is 95.3 Å². The molecule has 0 saturated carbocycles. The molecular formula is C9H12FN3O4. The number of aliphatic hydroxyl groups excluding tert-OH is 2. The van der Waals surface area contributed by atoms with Gasteiger partial charge in [0.25, 0.3) is 0 Å². The van der Waals surface area contributed by atoms with Gasteiger partial charge in [-0.15, -0.1) is 0 Å². The second-order valence-corrected chi connectivity index (χ2v) is 3.76. The number of halogens is 1. The summed E-state index contributed by atoms with van der Waals surface area (Å²) in [6.07, 6.45) is -0.504. The number of ether oxygens (including phenoxy) is 1. The number of aliphatic hydroxyl groups is 2. The van der Waals surface area contributed by atoms with E-state index in [0.29, 0.717) is 0 Å². The Bertz CT molecular complexity index is 478. The van der Waals surface area contributed by atoms with Crippen molar-refractivity contribution < 1.29 is 19.3 Å². The largest absolute Gasteiger partial charge is 0.396 e. The van der Waals surface area contributed by atoms with Crippen molar-refractivity contribution in [3.05, 3.63) is 22.5 Å². The maximum Gasteiger partial charge on any atom is 0.351 e. The number of anilines is 1. The van der Waals surface area contributed by atoms with Crippen LogP contribution in [0.25, 0.3) is 0 Å². The number of rotatable bonds is 3. The first-order valence-corrected chi connectivity index (χ1v) is 4.99. The van der Waals surface area contributed by atoms with Crippen LogP contribution in [-0.4, -0.2) is 39.1 Å². The van der Waals surface area contributed by atoms with E-state index < -0.39 is 35.6 Å². The Balaban J connectivity index is 2.30. The van der Waals surface area contributed by atoms with Crippen LogP contribution in [0, 0.1) is 11.7 Å². The fraction of sp³-hybridized carbons (Fsp3) is 0.556. The first-order valence-electron chi connectivity index (χ1n) is 4.99. The quantitative estimate of drug-likeness (QED) is 0.595. The maximum absolute atomic E-state index is 13.2. The van der Waals surface area contributed by atoms with Crippen molar-refractivity contribution in [2.45, 2.75) is 12.3 Å². The van der Waals surface area contributed by atoms with Crippen LogP contribution in [0.2, 0.25) is 0 Å². The molecule has 0 bridgehead atoms. The third kappa shape index (κ3) is 1.90. The predicted molar refractivity (Wildman–Crippen MR) is 54.4 cm³/mol. The summed E-state index contributed by atoms with van der Waals surface area (Å²) in [5.74, 6) is -1.79. The summed E-state index contributed by atoms with van der Waals surface area (Å²) >= 11 is 0. The zero-order valence-corrected chi connectivity index (χ0v) is 8.78. The van der Waals surface area contributed by atoms with Crippen molar-refractivity contribution in [3.8, 4) is 0 Å². The van der Waals surface area contributed by atoms with Gasteiger partial charge < -0.3 is 20.7 Å². The van der Waals surface area contributed by atoms with E-state index in [0.717, 1.165) is 10.8 Å². The Kier molecular flexibility index (Phi) is 3.09. The molecule has 2 heterocycles. The number of nitrogen functional groups attached to an aromatic ring is 1. The molecule has 1 saturated heterocycles. The lowest BCUT2D eigenvalue weighted by Gasteiger charge is -2.43. The Morgan fingerprint density at radius 2 is 2.24 bits per heavy atom. The van der Waals surface area contributed by atoms with E-state index in [1.807, 2.05) is 0 Å². The lowest BCUT2D eigenvalue weighted by Crippen LogP contribution is -2.52. The van der Waals surface area contributed by atoms with E-state index >= 15 is 0 Å². The molecular weight excluding hydrogens is 233 g/mol. The second-order valence-electron chi connectivity index (χ2n) is 3.76. The highest BCUT2D eigenvalue weighted by atomic mass is 19.1. The molecule has 2 rings (SSSR count). The summed E-state index contributed by atoms with van der Waals surface area (Å²) in [6.45, 7) is -0.560. The van der Waals surface area contributed by atoms with Gasteiger partial charge in [0, 0.05) is 0 Å². The van der Waals surface area contributed by atoms with Gasteiger partial charge in [0.1, 0.15) is 6.23 Å². The highest BCUT2D eigenvalue weighted by Gasteiger charge is 2.43. The van der Waals surface area contributed by atoms with Gasteiger partial charge in [-0.05, 0) is 0 Å². The topological polar surface area (TPSA) is 111 Å². The molecule has 1 fully saturated rings. The fourth-order valence-electron chi connectivity index (χ4n) is 1.77. The third-order valence-corrected chi connectivity index (χ3v) is 2.76. The average Bonchev–Trinajstić information content (AvgIpc) is 2.25. The fourth-order valence-corrected chi connectivity index (χ4v) is 1.77. The van der Waals surface area contributed by atoms with Gasteiger partial charge in [0.2, 0.25) is 0 Å². The van der Waals surface area contributed by atoms with Crippen LogP contribution in [0.4, 0.5) is 10.2 Å².